The smallest absolute Gasteiger partial charge is 0.263 e. The van der Waals surface area contributed by atoms with E-state index in [-0.39, 0.29) is 17.9 Å². The van der Waals surface area contributed by atoms with Crippen molar-refractivity contribution >= 4 is 28.8 Å². The summed E-state index contributed by atoms with van der Waals surface area (Å²) in [4.78, 5) is 25.4. The van der Waals surface area contributed by atoms with E-state index in [2.05, 4.69) is 5.32 Å². The van der Waals surface area contributed by atoms with Crippen molar-refractivity contribution in [1.29, 1.82) is 0 Å². The second kappa shape index (κ2) is 4.75. The Labute approximate surface area is 104 Å². The van der Waals surface area contributed by atoms with Crippen molar-refractivity contribution < 1.29 is 9.59 Å². The maximum Gasteiger partial charge on any atom is 0.263 e. The predicted molar refractivity (Wildman–Crippen MR) is 66.9 cm³/mol. The number of likely N-dealkylation sites (tertiary alicyclic amines) is 1. The molecule has 6 heteroatoms. The van der Waals surface area contributed by atoms with E-state index in [1.165, 1.54) is 11.3 Å². The molecule has 92 valence electrons. The number of amides is 2. The Morgan fingerprint density at radius 3 is 3.00 bits per heavy atom. The molecule has 0 aliphatic carbocycles. The van der Waals surface area contributed by atoms with Crippen LogP contribution < -0.4 is 11.1 Å². The monoisotopic (exact) mass is 253 g/mol. The van der Waals surface area contributed by atoms with Gasteiger partial charge in [-0.05, 0) is 17.9 Å². The van der Waals surface area contributed by atoms with E-state index >= 15 is 0 Å². The van der Waals surface area contributed by atoms with Gasteiger partial charge in [-0.3, -0.25) is 9.59 Å². The minimum absolute atomic E-state index is 0.0201. The summed E-state index contributed by atoms with van der Waals surface area (Å²) < 4.78 is 0. The molecule has 1 aromatic rings. The Bertz CT molecular complexity index is 444. The third-order valence-corrected chi connectivity index (χ3v) is 3.79. The summed E-state index contributed by atoms with van der Waals surface area (Å²) >= 11 is 1.33. The average Bonchev–Trinajstić information content (AvgIpc) is 2.70. The number of carbonyl (C=O) groups is 2. The van der Waals surface area contributed by atoms with Crippen LogP contribution in [0.15, 0.2) is 11.4 Å². The summed E-state index contributed by atoms with van der Waals surface area (Å²) in [7, 11) is 1.75. The number of nitrogen functional groups attached to an aromatic ring is 1. The van der Waals surface area contributed by atoms with Crippen molar-refractivity contribution in [2.75, 3.05) is 19.3 Å². The molecule has 1 aliphatic heterocycles. The second-order valence-corrected chi connectivity index (χ2v) is 5.10. The van der Waals surface area contributed by atoms with Crippen molar-refractivity contribution in [3.05, 3.63) is 16.3 Å². The molecule has 0 radical (unpaired) electrons. The Morgan fingerprint density at radius 2 is 2.41 bits per heavy atom. The molecule has 1 atom stereocenters. The zero-order valence-corrected chi connectivity index (χ0v) is 10.4. The lowest BCUT2D eigenvalue weighted by atomic mass is 10.1. The minimum atomic E-state index is -0.148. The maximum absolute atomic E-state index is 11.9. The van der Waals surface area contributed by atoms with Crippen LogP contribution in [0.25, 0.3) is 0 Å². The number of nitrogens with one attached hydrogen (secondary N) is 1. The Kier molecular flexibility index (Phi) is 3.33. The molecular weight excluding hydrogens is 238 g/mol. The summed E-state index contributed by atoms with van der Waals surface area (Å²) in [5, 5.41) is 4.70. The van der Waals surface area contributed by atoms with Gasteiger partial charge in [-0.25, -0.2) is 0 Å². The third-order valence-electron chi connectivity index (χ3n) is 2.86. The molecule has 2 rings (SSSR count). The van der Waals surface area contributed by atoms with Gasteiger partial charge in [0, 0.05) is 26.1 Å². The first-order valence-corrected chi connectivity index (χ1v) is 6.33. The molecule has 0 spiro atoms. The molecule has 2 heterocycles. The number of rotatable bonds is 2. The maximum atomic E-state index is 11.9. The van der Waals surface area contributed by atoms with E-state index in [0.717, 1.165) is 0 Å². The topological polar surface area (TPSA) is 75.4 Å². The van der Waals surface area contributed by atoms with Gasteiger partial charge >= 0.3 is 0 Å². The lowest BCUT2D eigenvalue weighted by Crippen LogP contribution is -2.48. The molecule has 1 unspecified atom stereocenters. The summed E-state index contributed by atoms with van der Waals surface area (Å²) in [5.74, 6) is -0.0172. The second-order valence-electron chi connectivity index (χ2n) is 4.19. The summed E-state index contributed by atoms with van der Waals surface area (Å²) in [6.45, 7) is 0.565. The standard InChI is InChI=1S/C11H15N3O2S/c1-14-6-7(2-3-9(14)15)13-11(16)10-8(12)4-5-17-10/h4-5,7H,2-3,6,12H2,1H3,(H,13,16). The van der Waals surface area contributed by atoms with Gasteiger partial charge < -0.3 is 16.0 Å². The fraction of sp³-hybridized carbons (Fsp3) is 0.455. The number of hydrogen-bond acceptors (Lipinski definition) is 4. The highest BCUT2D eigenvalue weighted by molar-refractivity contribution is 7.12. The number of hydrogen-bond donors (Lipinski definition) is 2. The van der Waals surface area contributed by atoms with Crippen molar-refractivity contribution in [2.24, 2.45) is 0 Å². The Balaban J connectivity index is 1.96. The number of carbonyl (C=O) groups excluding carboxylic acids is 2. The van der Waals surface area contributed by atoms with E-state index in [1.54, 1.807) is 23.4 Å². The zero-order chi connectivity index (χ0) is 12.4. The van der Waals surface area contributed by atoms with Gasteiger partial charge in [0.2, 0.25) is 5.91 Å². The fourth-order valence-corrected chi connectivity index (χ4v) is 2.61. The molecule has 0 saturated carbocycles. The van der Waals surface area contributed by atoms with Crippen LogP contribution in [0.2, 0.25) is 0 Å². The van der Waals surface area contributed by atoms with Gasteiger partial charge in [-0.1, -0.05) is 0 Å². The van der Waals surface area contributed by atoms with Crippen LogP contribution in [-0.2, 0) is 4.79 Å². The molecule has 1 saturated heterocycles. The summed E-state index contributed by atoms with van der Waals surface area (Å²) in [6.07, 6.45) is 1.18. The van der Waals surface area contributed by atoms with Crippen LogP contribution in [-0.4, -0.2) is 36.3 Å². The molecule has 1 fully saturated rings. The van der Waals surface area contributed by atoms with E-state index in [4.69, 9.17) is 5.73 Å². The summed E-state index contributed by atoms with van der Waals surface area (Å²) in [5.41, 5.74) is 6.19. The van der Waals surface area contributed by atoms with Crippen LogP contribution in [0.3, 0.4) is 0 Å². The molecular formula is C11H15N3O2S. The van der Waals surface area contributed by atoms with Gasteiger partial charge in [-0.2, -0.15) is 0 Å². The van der Waals surface area contributed by atoms with Crippen LogP contribution >= 0.6 is 11.3 Å². The quantitative estimate of drug-likeness (QED) is 0.814. The number of nitrogens with two attached hydrogens (primary N) is 1. The minimum Gasteiger partial charge on any atom is -0.397 e. The molecule has 17 heavy (non-hydrogen) atoms. The first-order valence-electron chi connectivity index (χ1n) is 5.45. The molecule has 3 N–H and O–H groups in total. The fourth-order valence-electron chi connectivity index (χ4n) is 1.88. The normalized spacial score (nSPS) is 20.4. The van der Waals surface area contributed by atoms with Gasteiger partial charge in [0.05, 0.1) is 5.69 Å². The molecule has 5 nitrogen and oxygen atoms in total. The van der Waals surface area contributed by atoms with Crippen molar-refractivity contribution in [2.45, 2.75) is 18.9 Å². The van der Waals surface area contributed by atoms with Crippen molar-refractivity contribution in [3.63, 3.8) is 0 Å². The van der Waals surface area contributed by atoms with Gasteiger partial charge in [0.25, 0.3) is 5.91 Å². The summed E-state index contributed by atoms with van der Waals surface area (Å²) in [6, 6.07) is 1.74. The highest BCUT2D eigenvalue weighted by Gasteiger charge is 2.25. The zero-order valence-electron chi connectivity index (χ0n) is 9.60. The van der Waals surface area contributed by atoms with Gasteiger partial charge in [0.15, 0.2) is 0 Å². The molecule has 1 aromatic heterocycles. The Hall–Kier alpha value is -1.56. The van der Waals surface area contributed by atoms with Crippen molar-refractivity contribution in [1.82, 2.24) is 10.2 Å². The van der Waals surface area contributed by atoms with Crippen LogP contribution in [0.1, 0.15) is 22.5 Å². The molecule has 1 aliphatic rings. The first-order chi connectivity index (χ1) is 8.08. The third kappa shape index (κ3) is 2.58. The van der Waals surface area contributed by atoms with Gasteiger partial charge in [0.1, 0.15) is 4.88 Å². The average molecular weight is 253 g/mol. The SMILES string of the molecule is CN1CC(NC(=O)c2sccc2N)CCC1=O. The lowest BCUT2D eigenvalue weighted by molar-refractivity contribution is -0.132. The van der Waals surface area contributed by atoms with E-state index < -0.39 is 0 Å². The molecule has 0 aromatic carbocycles. The van der Waals surface area contributed by atoms with Crippen LogP contribution in [0.5, 0.6) is 0 Å². The number of thiophene rings is 1. The number of anilines is 1. The van der Waals surface area contributed by atoms with E-state index in [0.29, 0.717) is 30.0 Å². The van der Waals surface area contributed by atoms with Gasteiger partial charge in [-0.15, -0.1) is 11.3 Å². The number of nitrogens with zero attached hydrogens (tertiary/aromatic N) is 1. The largest absolute Gasteiger partial charge is 0.397 e. The van der Waals surface area contributed by atoms with E-state index in [9.17, 15) is 9.59 Å². The predicted octanol–water partition coefficient (Wildman–Crippen LogP) is 0.681. The highest BCUT2D eigenvalue weighted by Crippen LogP contribution is 2.19. The molecule has 2 amide bonds. The highest BCUT2D eigenvalue weighted by atomic mass is 32.1. The Morgan fingerprint density at radius 1 is 1.65 bits per heavy atom. The molecule has 0 bridgehead atoms. The number of piperidine rings is 1. The van der Waals surface area contributed by atoms with Crippen molar-refractivity contribution in [3.8, 4) is 0 Å². The van der Waals surface area contributed by atoms with Crippen LogP contribution in [0, 0.1) is 0 Å². The van der Waals surface area contributed by atoms with E-state index in [1.807, 2.05) is 0 Å². The van der Waals surface area contributed by atoms with Crippen LogP contribution in [0.4, 0.5) is 5.69 Å². The number of likely N-dealkylation sites (N-methyl/N-ethyl adjacent to an activating group) is 1. The first kappa shape index (κ1) is 11.9. The lowest BCUT2D eigenvalue weighted by Gasteiger charge is -2.30.